The second kappa shape index (κ2) is 8.53. The topological polar surface area (TPSA) is 71.5 Å². The van der Waals surface area contributed by atoms with Crippen LogP contribution in [0.4, 0.5) is 0 Å². The second-order valence-corrected chi connectivity index (χ2v) is 5.24. The number of nitrogens with one attached hydrogen (secondary N) is 1. The highest BCUT2D eigenvalue weighted by atomic mass is 16.5. The van der Waals surface area contributed by atoms with Crippen molar-refractivity contribution in [1.82, 2.24) is 10.3 Å². The molecular formula is C15H24N2O3. The maximum atomic E-state index is 11.0. The summed E-state index contributed by atoms with van der Waals surface area (Å²) < 4.78 is 5.43. The summed E-state index contributed by atoms with van der Waals surface area (Å²) >= 11 is 0. The van der Waals surface area contributed by atoms with E-state index < -0.39 is 12.1 Å². The van der Waals surface area contributed by atoms with Crippen LogP contribution in [0, 0.1) is 5.92 Å². The second-order valence-electron chi connectivity index (χ2n) is 5.24. The third-order valence-corrected chi connectivity index (χ3v) is 2.76. The van der Waals surface area contributed by atoms with Crippen LogP contribution in [0.15, 0.2) is 18.3 Å². The van der Waals surface area contributed by atoms with E-state index in [0.29, 0.717) is 24.6 Å². The number of aliphatic carboxylic acids is 1. The minimum Gasteiger partial charge on any atom is -0.479 e. The summed E-state index contributed by atoms with van der Waals surface area (Å²) in [6.45, 7) is 7.88. The molecule has 0 bridgehead atoms. The first-order chi connectivity index (χ1) is 9.52. The zero-order valence-electron chi connectivity index (χ0n) is 12.4. The van der Waals surface area contributed by atoms with Gasteiger partial charge in [-0.1, -0.05) is 27.2 Å². The predicted octanol–water partition coefficient (Wildman–Crippen LogP) is 2.46. The molecule has 0 aliphatic rings. The number of carboxylic acids is 1. The zero-order chi connectivity index (χ0) is 15.0. The normalized spacial score (nSPS) is 12.4. The molecule has 0 fully saturated rings. The molecule has 5 nitrogen and oxygen atoms in total. The van der Waals surface area contributed by atoms with Crippen molar-refractivity contribution in [1.29, 1.82) is 0 Å². The number of aromatic nitrogens is 1. The maximum absolute atomic E-state index is 11.0. The molecule has 1 rings (SSSR count). The first-order valence-electron chi connectivity index (χ1n) is 7.08. The lowest BCUT2D eigenvalue weighted by molar-refractivity contribution is -0.145. The van der Waals surface area contributed by atoms with E-state index in [0.717, 1.165) is 18.7 Å². The Morgan fingerprint density at radius 3 is 2.70 bits per heavy atom. The summed E-state index contributed by atoms with van der Waals surface area (Å²) in [4.78, 5) is 15.3. The van der Waals surface area contributed by atoms with Gasteiger partial charge in [-0.2, -0.15) is 0 Å². The van der Waals surface area contributed by atoms with Crippen LogP contribution in [0.3, 0.4) is 0 Å². The largest absolute Gasteiger partial charge is 0.479 e. The maximum Gasteiger partial charge on any atom is 0.344 e. The molecule has 0 saturated carbocycles. The molecule has 112 valence electrons. The lowest BCUT2D eigenvalue weighted by atomic mass is 10.2. The number of pyridine rings is 1. The van der Waals surface area contributed by atoms with Crippen LogP contribution in [0.2, 0.25) is 0 Å². The Bertz CT molecular complexity index is 404. The Balaban J connectivity index is 2.50. The number of nitrogens with zero attached hydrogens (tertiary/aromatic N) is 1. The fourth-order valence-electron chi connectivity index (χ4n) is 1.73. The number of hydrogen-bond donors (Lipinski definition) is 2. The molecule has 0 radical (unpaired) electrons. The van der Waals surface area contributed by atoms with Gasteiger partial charge in [0, 0.05) is 6.54 Å². The van der Waals surface area contributed by atoms with Crippen molar-refractivity contribution in [2.75, 3.05) is 6.54 Å². The Hall–Kier alpha value is -1.62. The molecule has 0 aliphatic carbocycles. The molecule has 2 N–H and O–H groups in total. The monoisotopic (exact) mass is 280 g/mol. The molecule has 0 aromatic carbocycles. The van der Waals surface area contributed by atoms with Crippen LogP contribution in [-0.4, -0.2) is 28.7 Å². The summed E-state index contributed by atoms with van der Waals surface area (Å²) in [5, 5.41) is 12.3. The molecule has 1 unspecified atom stereocenters. The highest BCUT2D eigenvalue weighted by molar-refractivity contribution is 5.72. The summed E-state index contributed by atoms with van der Waals surface area (Å²) in [6.07, 6.45) is 2.04. The predicted molar refractivity (Wildman–Crippen MR) is 77.7 cm³/mol. The lowest BCUT2D eigenvalue weighted by Crippen LogP contribution is -2.26. The molecule has 20 heavy (non-hydrogen) atoms. The zero-order valence-corrected chi connectivity index (χ0v) is 12.4. The summed E-state index contributed by atoms with van der Waals surface area (Å²) in [6, 6.07) is 3.62. The average molecular weight is 280 g/mol. The van der Waals surface area contributed by atoms with Crippen LogP contribution in [-0.2, 0) is 11.3 Å². The van der Waals surface area contributed by atoms with Gasteiger partial charge in [0.15, 0.2) is 6.10 Å². The number of carboxylic acid groups (broad SMARTS) is 1. The van der Waals surface area contributed by atoms with Crippen molar-refractivity contribution < 1.29 is 14.6 Å². The van der Waals surface area contributed by atoms with E-state index in [1.54, 1.807) is 12.3 Å². The van der Waals surface area contributed by atoms with Gasteiger partial charge in [-0.15, -0.1) is 0 Å². The van der Waals surface area contributed by atoms with Crippen LogP contribution in [0.25, 0.3) is 0 Å². The Morgan fingerprint density at radius 2 is 2.20 bits per heavy atom. The molecule has 1 aromatic rings. The number of hydrogen-bond acceptors (Lipinski definition) is 4. The molecule has 5 heteroatoms. The highest BCUT2D eigenvalue weighted by Gasteiger charge is 2.18. The van der Waals surface area contributed by atoms with E-state index in [-0.39, 0.29) is 0 Å². The first-order valence-corrected chi connectivity index (χ1v) is 7.08. The van der Waals surface area contributed by atoms with E-state index in [1.807, 2.05) is 13.0 Å². The van der Waals surface area contributed by atoms with E-state index in [2.05, 4.69) is 24.1 Å². The summed E-state index contributed by atoms with van der Waals surface area (Å²) in [7, 11) is 0. The van der Waals surface area contributed by atoms with E-state index >= 15 is 0 Å². The van der Waals surface area contributed by atoms with E-state index in [9.17, 15) is 4.79 Å². The molecule has 0 saturated heterocycles. The van der Waals surface area contributed by atoms with Crippen molar-refractivity contribution in [3.05, 3.63) is 24.0 Å². The van der Waals surface area contributed by atoms with Gasteiger partial charge < -0.3 is 15.2 Å². The van der Waals surface area contributed by atoms with Gasteiger partial charge in [-0.05, 0) is 31.0 Å². The Labute approximate surface area is 120 Å². The van der Waals surface area contributed by atoms with Gasteiger partial charge in [-0.25, -0.2) is 4.79 Å². The standard InChI is InChI=1S/C15H24N2O3/c1-4-5-14(15(18)19)20-13-7-6-12(17-10-13)9-16-8-11(2)3/h6-7,10-11,14,16H,4-5,8-9H2,1-3H3,(H,18,19). The van der Waals surface area contributed by atoms with Gasteiger partial charge in [0.2, 0.25) is 0 Å². The van der Waals surface area contributed by atoms with Gasteiger partial charge in [0.25, 0.3) is 0 Å². The van der Waals surface area contributed by atoms with Crippen LogP contribution in [0.5, 0.6) is 5.75 Å². The minimum absolute atomic E-state index is 0.493. The Kier molecular flexibility index (Phi) is 7.01. The third-order valence-electron chi connectivity index (χ3n) is 2.76. The van der Waals surface area contributed by atoms with Crippen molar-refractivity contribution >= 4 is 5.97 Å². The van der Waals surface area contributed by atoms with Crippen molar-refractivity contribution in [2.45, 2.75) is 46.3 Å². The van der Waals surface area contributed by atoms with Gasteiger partial charge in [-0.3, -0.25) is 4.98 Å². The molecule has 0 spiro atoms. The summed E-state index contributed by atoms with van der Waals surface area (Å²) in [5.74, 6) is 0.163. The molecule has 1 atom stereocenters. The fourth-order valence-corrected chi connectivity index (χ4v) is 1.73. The molecule has 1 heterocycles. The number of ether oxygens (including phenoxy) is 1. The van der Waals surface area contributed by atoms with E-state index in [1.165, 1.54) is 0 Å². The SMILES string of the molecule is CCCC(Oc1ccc(CNCC(C)C)nc1)C(=O)O. The average Bonchev–Trinajstić information content (AvgIpc) is 2.39. The highest BCUT2D eigenvalue weighted by Crippen LogP contribution is 2.14. The molecular weight excluding hydrogens is 256 g/mol. The first kappa shape index (κ1) is 16.4. The van der Waals surface area contributed by atoms with Gasteiger partial charge in [0.05, 0.1) is 11.9 Å². The number of rotatable bonds is 9. The summed E-state index contributed by atoms with van der Waals surface area (Å²) in [5.41, 5.74) is 0.917. The van der Waals surface area contributed by atoms with Gasteiger partial charge in [0.1, 0.15) is 5.75 Å². The fraction of sp³-hybridized carbons (Fsp3) is 0.600. The van der Waals surface area contributed by atoms with Crippen molar-refractivity contribution in [3.8, 4) is 5.75 Å². The molecule has 0 aliphatic heterocycles. The third kappa shape index (κ3) is 6.02. The smallest absolute Gasteiger partial charge is 0.344 e. The molecule has 0 amide bonds. The number of carbonyl (C=O) groups is 1. The lowest BCUT2D eigenvalue weighted by Gasteiger charge is -2.14. The Morgan fingerprint density at radius 1 is 1.45 bits per heavy atom. The van der Waals surface area contributed by atoms with Crippen LogP contribution < -0.4 is 10.1 Å². The van der Waals surface area contributed by atoms with Crippen molar-refractivity contribution in [2.24, 2.45) is 5.92 Å². The quantitative estimate of drug-likeness (QED) is 0.727. The van der Waals surface area contributed by atoms with Crippen LogP contribution >= 0.6 is 0 Å². The molecule has 1 aromatic heterocycles. The van der Waals surface area contributed by atoms with Gasteiger partial charge >= 0.3 is 5.97 Å². The minimum atomic E-state index is -0.936. The van der Waals surface area contributed by atoms with E-state index in [4.69, 9.17) is 9.84 Å². The van der Waals surface area contributed by atoms with Crippen LogP contribution in [0.1, 0.15) is 39.3 Å². The van der Waals surface area contributed by atoms with Crippen molar-refractivity contribution in [3.63, 3.8) is 0 Å².